The molecule has 43 valence electrons. The van der Waals surface area contributed by atoms with Crippen molar-refractivity contribution in [3.8, 4) is 0 Å². The smallest absolute Gasteiger partial charge is 0.212 e. The van der Waals surface area contributed by atoms with Gasteiger partial charge in [-0.2, -0.15) is 0 Å². The summed E-state index contributed by atoms with van der Waals surface area (Å²) in [5.74, 6) is 0.775. The number of fused-ring (bicyclic) bond motifs is 1. The molecule has 4 nitrogen and oxygen atoms in total. The van der Waals surface area contributed by atoms with Gasteiger partial charge in [0.25, 0.3) is 5.82 Å². The molecule has 0 aromatic heterocycles. The van der Waals surface area contributed by atoms with E-state index in [4.69, 9.17) is 0 Å². The topological polar surface area (TPSA) is 42.1 Å². The first-order valence-electron chi connectivity index (χ1n) is 2.58. The molecule has 0 N–H and O–H groups in total. The molecule has 2 rings (SSSR count). The highest BCUT2D eigenvalue weighted by Gasteiger charge is 2.21. The maximum absolute atomic E-state index is 3.98. The zero-order valence-corrected chi connectivity index (χ0v) is 4.60. The minimum atomic E-state index is 0.775. The van der Waals surface area contributed by atoms with E-state index in [0.29, 0.717) is 0 Å². The lowest BCUT2D eigenvalue weighted by molar-refractivity contribution is 0.477. The molecule has 0 unspecified atom stereocenters. The molecule has 9 heavy (non-hydrogen) atoms. The number of aliphatic imine (C=N–C) groups is 1. The zero-order chi connectivity index (χ0) is 6.10. The van der Waals surface area contributed by atoms with Crippen LogP contribution in [-0.4, -0.2) is 11.2 Å². The summed E-state index contributed by atoms with van der Waals surface area (Å²) in [6.07, 6.45) is 6.93. The molecule has 0 atom stereocenters. The van der Waals surface area contributed by atoms with Gasteiger partial charge in [-0.15, -0.1) is 0 Å². The summed E-state index contributed by atoms with van der Waals surface area (Å²) in [6, 6.07) is 0. The van der Waals surface area contributed by atoms with Crippen LogP contribution in [0.15, 0.2) is 34.5 Å². The average Bonchev–Trinajstić information content (AvgIpc) is 2.33. The molecule has 0 fully saturated rings. The van der Waals surface area contributed by atoms with E-state index >= 15 is 0 Å². The Morgan fingerprint density at radius 1 is 1.56 bits per heavy atom. The normalized spacial score (nSPS) is 20.4. The van der Waals surface area contributed by atoms with E-state index in [9.17, 15) is 0 Å². The summed E-state index contributed by atoms with van der Waals surface area (Å²) in [5.41, 5.74) is 0. The molecule has 0 saturated carbocycles. The van der Waals surface area contributed by atoms with E-state index in [-0.39, 0.29) is 0 Å². The quantitative estimate of drug-likeness (QED) is 0.456. The maximum atomic E-state index is 3.98. The Hall–Kier alpha value is -1.45. The van der Waals surface area contributed by atoms with Crippen LogP contribution in [0, 0.1) is 0 Å². The first-order chi connectivity index (χ1) is 4.47. The molecule has 0 aliphatic carbocycles. The number of hydrogen-bond acceptors (Lipinski definition) is 4. The van der Waals surface area contributed by atoms with Gasteiger partial charge in [-0.1, -0.05) is 5.01 Å². The Kier molecular flexibility index (Phi) is 0.745. The predicted octanol–water partition coefficient (Wildman–Crippen LogP) is 0.402. The molecule has 2 aliphatic heterocycles. The van der Waals surface area contributed by atoms with Crippen LogP contribution in [0.1, 0.15) is 0 Å². The Morgan fingerprint density at radius 3 is 3.44 bits per heavy atom. The summed E-state index contributed by atoms with van der Waals surface area (Å²) < 4.78 is 0. The molecule has 0 bridgehead atoms. The monoisotopic (exact) mass is 120 g/mol. The van der Waals surface area contributed by atoms with Crippen LogP contribution in [0.5, 0.6) is 0 Å². The van der Waals surface area contributed by atoms with Crippen LogP contribution in [-0.2, 0) is 0 Å². The fourth-order valence-corrected chi connectivity index (χ4v) is 0.676. The minimum Gasteiger partial charge on any atom is -0.212 e. The predicted molar refractivity (Wildman–Crippen MR) is 32.1 cm³/mol. The summed E-state index contributed by atoms with van der Waals surface area (Å²) in [5, 5.41) is 8.99. The molecular weight excluding hydrogens is 116 g/mol. The largest absolute Gasteiger partial charge is 0.294 e. The minimum absolute atomic E-state index is 0.775. The van der Waals surface area contributed by atoms with Gasteiger partial charge in [0.15, 0.2) is 0 Å². The summed E-state index contributed by atoms with van der Waals surface area (Å²) in [6.45, 7) is 0. The van der Waals surface area contributed by atoms with Crippen molar-refractivity contribution in [3.05, 3.63) is 24.3 Å². The van der Waals surface area contributed by atoms with Gasteiger partial charge in [0, 0.05) is 6.21 Å². The van der Waals surface area contributed by atoms with Crippen LogP contribution in [0.25, 0.3) is 0 Å². The maximum Gasteiger partial charge on any atom is 0.294 e. The van der Waals surface area contributed by atoms with Crippen molar-refractivity contribution in [2.24, 2.45) is 10.2 Å². The number of rotatable bonds is 0. The van der Waals surface area contributed by atoms with Gasteiger partial charge in [0.1, 0.15) is 11.4 Å². The van der Waals surface area contributed by atoms with E-state index in [1.807, 2.05) is 6.08 Å². The molecule has 0 spiro atoms. The van der Waals surface area contributed by atoms with Gasteiger partial charge in [-0.25, -0.2) is 4.99 Å². The third-order valence-electron chi connectivity index (χ3n) is 1.08. The molecule has 2 aliphatic rings. The molecule has 2 heterocycles. The van der Waals surface area contributed by atoms with Crippen molar-refractivity contribution in [2.45, 2.75) is 0 Å². The van der Waals surface area contributed by atoms with Crippen LogP contribution < -0.4 is 5.11 Å². The van der Waals surface area contributed by atoms with Gasteiger partial charge in [-0.3, -0.25) is 0 Å². The zero-order valence-electron chi connectivity index (χ0n) is 4.60. The first-order valence-corrected chi connectivity index (χ1v) is 2.58. The lowest BCUT2D eigenvalue weighted by Gasteiger charge is -1.98. The Balaban J connectivity index is 2.40. The van der Waals surface area contributed by atoms with Gasteiger partial charge in [-0.05, 0) is 6.08 Å². The first kappa shape index (κ1) is 4.43. The Bertz CT molecular complexity index is 235. The summed E-state index contributed by atoms with van der Waals surface area (Å²) >= 11 is 0. The van der Waals surface area contributed by atoms with Crippen molar-refractivity contribution in [3.63, 3.8) is 0 Å². The lowest BCUT2D eigenvalue weighted by Crippen LogP contribution is -2.06. The second-order valence-corrected chi connectivity index (χ2v) is 1.66. The molecule has 4 heteroatoms. The number of allylic oxidation sites excluding steroid dienone is 1. The third kappa shape index (κ3) is 0.561. The van der Waals surface area contributed by atoms with Crippen molar-refractivity contribution in [1.82, 2.24) is 10.1 Å². The summed E-state index contributed by atoms with van der Waals surface area (Å²) in [7, 11) is 0. The number of hydrogen-bond donors (Lipinski definition) is 0. The van der Waals surface area contributed by atoms with Gasteiger partial charge < -0.3 is 0 Å². The van der Waals surface area contributed by atoms with Crippen molar-refractivity contribution in [2.75, 3.05) is 0 Å². The SMILES string of the molecule is C1=CN2N=[N+]C=C2N=C1. The average molecular weight is 120 g/mol. The Labute approximate surface area is 51.9 Å². The third-order valence-corrected chi connectivity index (χ3v) is 1.08. The van der Waals surface area contributed by atoms with Gasteiger partial charge in [0.05, 0.1) is 5.11 Å². The van der Waals surface area contributed by atoms with Crippen molar-refractivity contribution < 1.29 is 0 Å². The number of nitrogens with zero attached hydrogens (tertiary/aromatic N) is 4. The molecule has 0 amide bonds. The highest BCUT2D eigenvalue weighted by molar-refractivity contribution is 5.73. The summed E-state index contributed by atoms with van der Waals surface area (Å²) in [4.78, 5) is 3.98. The lowest BCUT2D eigenvalue weighted by atomic mass is 10.5. The van der Waals surface area contributed by atoms with Crippen LogP contribution in [0.2, 0.25) is 0 Å². The second kappa shape index (κ2) is 1.51. The highest BCUT2D eigenvalue weighted by Crippen LogP contribution is 2.12. The van der Waals surface area contributed by atoms with Crippen LogP contribution in [0.4, 0.5) is 0 Å². The van der Waals surface area contributed by atoms with Crippen LogP contribution in [0.3, 0.4) is 0 Å². The molecule has 1 radical (unpaired) electrons. The molecule has 0 saturated heterocycles. The Morgan fingerprint density at radius 2 is 2.56 bits per heavy atom. The van der Waals surface area contributed by atoms with Crippen LogP contribution >= 0.6 is 0 Å². The highest BCUT2D eigenvalue weighted by atomic mass is 15.6. The van der Waals surface area contributed by atoms with E-state index in [0.717, 1.165) is 5.82 Å². The second-order valence-electron chi connectivity index (χ2n) is 1.66. The van der Waals surface area contributed by atoms with E-state index in [2.05, 4.69) is 15.3 Å². The van der Waals surface area contributed by atoms with E-state index < -0.39 is 0 Å². The van der Waals surface area contributed by atoms with Gasteiger partial charge in [0.2, 0.25) is 6.20 Å². The molecule has 0 aromatic rings. The van der Waals surface area contributed by atoms with Crippen molar-refractivity contribution >= 4 is 6.21 Å². The van der Waals surface area contributed by atoms with Crippen molar-refractivity contribution in [1.29, 1.82) is 0 Å². The fourth-order valence-electron chi connectivity index (χ4n) is 0.676. The van der Waals surface area contributed by atoms with E-state index in [1.54, 1.807) is 23.6 Å². The van der Waals surface area contributed by atoms with Gasteiger partial charge >= 0.3 is 0 Å². The fraction of sp³-hybridized carbons (Fsp3) is 0. The molecular formula is C5H4N4+. The molecule has 0 aromatic carbocycles. The standard InChI is InChI=1S/C5H4N4/c1-2-6-5-4-7-8-9(5)3-1/h1-4H/q+1. The van der Waals surface area contributed by atoms with E-state index in [1.165, 1.54) is 0 Å².